The van der Waals surface area contributed by atoms with Crippen molar-refractivity contribution in [1.82, 2.24) is 9.55 Å². The maximum Gasteiger partial charge on any atom is 0.248 e. The zero-order chi connectivity index (χ0) is 15.0. The molecule has 0 amide bonds. The summed E-state index contributed by atoms with van der Waals surface area (Å²) in [7, 11) is 0. The Bertz CT molecular complexity index is 638. The maximum absolute atomic E-state index is 13.3. The summed E-state index contributed by atoms with van der Waals surface area (Å²) in [6.45, 7) is 3.36. The van der Waals surface area contributed by atoms with Gasteiger partial charge in [0.25, 0.3) is 0 Å². The number of halogens is 2. The van der Waals surface area contributed by atoms with E-state index in [-0.39, 0.29) is 18.8 Å². The average Bonchev–Trinajstić information content (AvgIpc) is 2.84. The quantitative estimate of drug-likeness (QED) is 0.935. The molecule has 1 saturated carbocycles. The van der Waals surface area contributed by atoms with Gasteiger partial charge in [0.1, 0.15) is 5.82 Å². The van der Waals surface area contributed by atoms with Crippen LogP contribution in [0.15, 0.2) is 18.2 Å². The number of benzene rings is 1. The number of nitrogens with zero attached hydrogens (tertiary/aromatic N) is 2. The summed E-state index contributed by atoms with van der Waals surface area (Å²) in [5.74, 6) is -1.40. The van der Waals surface area contributed by atoms with Crippen molar-refractivity contribution >= 4 is 11.0 Å². The lowest BCUT2D eigenvalue weighted by atomic mass is 9.86. The van der Waals surface area contributed by atoms with E-state index in [1.807, 2.05) is 18.2 Å². The number of rotatable bonds is 3. The van der Waals surface area contributed by atoms with Crippen LogP contribution >= 0.6 is 0 Å². The van der Waals surface area contributed by atoms with E-state index in [0.717, 1.165) is 29.0 Å². The Hall–Kier alpha value is -1.49. The average molecular weight is 293 g/mol. The molecular formula is C16H21F2N3. The van der Waals surface area contributed by atoms with Crippen LogP contribution in [0.4, 0.5) is 8.78 Å². The normalized spacial score (nSPS) is 19.2. The van der Waals surface area contributed by atoms with Crippen LogP contribution in [0.5, 0.6) is 0 Å². The predicted octanol–water partition coefficient (Wildman–Crippen LogP) is 3.81. The van der Waals surface area contributed by atoms with Gasteiger partial charge < -0.3 is 10.3 Å². The minimum absolute atomic E-state index is 0.0291. The van der Waals surface area contributed by atoms with Gasteiger partial charge in [-0.2, -0.15) is 0 Å². The fourth-order valence-corrected chi connectivity index (χ4v) is 3.26. The summed E-state index contributed by atoms with van der Waals surface area (Å²) >= 11 is 0. The van der Waals surface area contributed by atoms with Crippen LogP contribution in [0.3, 0.4) is 0 Å². The summed E-state index contributed by atoms with van der Waals surface area (Å²) in [5.41, 5.74) is 8.71. The first-order valence-corrected chi connectivity index (χ1v) is 7.61. The molecule has 1 fully saturated rings. The van der Waals surface area contributed by atoms with Crippen LogP contribution in [-0.2, 0) is 13.1 Å². The maximum atomic E-state index is 13.3. The summed E-state index contributed by atoms with van der Waals surface area (Å²) in [6.07, 6.45) is 0.970. The van der Waals surface area contributed by atoms with Crippen LogP contribution < -0.4 is 5.73 Å². The molecule has 1 heterocycles. The minimum Gasteiger partial charge on any atom is -0.328 e. The zero-order valence-corrected chi connectivity index (χ0v) is 12.3. The molecule has 5 heteroatoms. The fraction of sp³-hybridized carbons (Fsp3) is 0.562. The van der Waals surface area contributed by atoms with Crippen molar-refractivity contribution in [2.24, 2.45) is 5.73 Å². The Morgan fingerprint density at radius 3 is 2.67 bits per heavy atom. The number of imidazole rings is 1. The van der Waals surface area contributed by atoms with Crippen LogP contribution in [0.2, 0.25) is 0 Å². The molecule has 0 saturated heterocycles. The molecule has 3 rings (SSSR count). The predicted molar refractivity (Wildman–Crippen MR) is 79.5 cm³/mol. The van der Waals surface area contributed by atoms with Crippen molar-refractivity contribution in [2.75, 3.05) is 0 Å². The summed E-state index contributed by atoms with van der Waals surface area (Å²) in [6, 6.07) is 6.05. The third-order valence-electron chi connectivity index (χ3n) is 4.48. The topological polar surface area (TPSA) is 43.8 Å². The lowest BCUT2D eigenvalue weighted by Gasteiger charge is -2.28. The largest absolute Gasteiger partial charge is 0.328 e. The van der Waals surface area contributed by atoms with E-state index >= 15 is 0 Å². The molecule has 1 aromatic carbocycles. The highest BCUT2D eigenvalue weighted by Crippen LogP contribution is 2.41. The summed E-state index contributed by atoms with van der Waals surface area (Å²) in [5, 5.41) is 0. The van der Waals surface area contributed by atoms with Gasteiger partial charge in [-0.3, -0.25) is 0 Å². The summed E-state index contributed by atoms with van der Waals surface area (Å²) < 4.78 is 28.8. The van der Waals surface area contributed by atoms with Gasteiger partial charge in [0, 0.05) is 31.8 Å². The van der Waals surface area contributed by atoms with Gasteiger partial charge in [0.15, 0.2) is 0 Å². The van der Waals surface area contributed by atoms with Crippen LogP contribution in [-0.4, -0.2) is 15.5 Å². The standard InChI is InChI=1S/C16H21F2N3/c1-2-21-14-4-3-11(10-19)9-13(14)20-15(21)12-5-7-16(17,18)8-6-12/h3-4,9,12H,2,5-8,10,19H2,1H3. The van der Waals surface area contributed by atoms with Gasteiger partial charge in [-0.25, -0.2) is 13.8 Å². The lowest BCUT2D eigenvalue weighted by molar-refractivity contribution is -0.0389. The van der Waals surface area contributed by atoms with E-state index in [9.17, 15) is 8.78 Å². The summed E-state index contributed by atoms with van der Waals surface area (Å²) in [4.78, 5) is 4.73. The zero-order valence-electron chi connectivity index (χ0n) is 12.3. The number of hydrogen-bond acceptors (Lipinski definition) is 2. The van der Waals surface area contributed by atoms with Gasteiger partial charge >= 0.3 is 0 Å². The van der Waals surface area contributed by atoms with Gasteiger partial charge in [-0.1, -0.05) is 6.07 Å². The molecule has 0 radical (unpaired) electrons. The second kappa shape index (κ2) is 5.37. The van der Waals surface area contributed by atoms with Crippen molar-refractivity contribution in [1.29, 1.82) is 0 Å². The number of nitrogens with two attached hydrogens (primary N) is 1. The lowest BCUT2D eigenvalue weighted by Crippen LogP contribution is -2.25. The van der Waals surface area contributed by atoms with E-state index in [1.54, 1.807) is 0 Å². The van der Waals surface area contributed by atoms with Gasteiger partial charge in [0.05, 0.1) is 11.0 Å². The molecule has 0 bridgehead atoms. The number of hydrogen-bond donors (Lipinski definition) is 1. The molecule has 2 N–H and O–H groups in total. The van der Waals surface area contributed by atoms with E-state index in [4.69, 9.17) is 10.7 Å². The highest BCUT2D eigenvalue weighted by Gasteiger charge is 2.36. The number of aryl methyl sites for hydroxylation is 1. The monoisotopic (exact) mass is 293 g/mol. The van der Waals surface area contributed by atoms with E-state index in [1.165, 1.54) is 0 Å². The molecule has 2 aromatic rings. The first-order valence-electron chi connectivity index (χ1n) is 7.61. The second-order valence-corrected chi connectivity index (χ2v) is 5.87. The van der Waals surface area contributed by atoms with Crippen molar-refractivity contribution < 1.29 is 8.78 Å². The Morgan fingerprint density at radius 2 is 2.05 bits per heavy atom. The van der Waals surface area contributed by atoms with Gasteiger partial charge in [-0.05, 0) is 37.5 Å². The molecule has 1 aliphatic rings. The molecule has 114 valence electrons. The van der Waals surface area contributed by atoms with Crippen molar-refractivity contribution in [3.8, 4) is 0 Å². The molecule has 0 spiro atoms. The highest BCUT2D eigenvalue weighted by molar-refractivity contribution is 5.77. The molecule has 1 aliphatic carbocycles. The van der Waals surface area contributed by atoms with Crippen molar-refractivity contribution in [2.45, 2.75) is 57.5 Å². The SMILES string of the molecule is CCn1c(C2CCC(F)(F)CC2)nc2cc(CN)ccc21. The van der Waals surface area contributed by atoms with Crippen LogP contribution in [0.25, 0.3) is 11.0 Å². The molecule has 0 aliphatic heterocycles. The van der Waals surface area contributed by atoms with Crippen LogP contribution in [0, 0.1) is 0 Å². The molecule has 0 atom stereocenters. The van der Waals surface area contributed by atoms with Gasteiger partial charge in [-0.15, -0.1) is 0 Å². The van der Waals surface area contributed by atoms with Crippen molar-refractivity contribution in [3.05, 3.63) is 29.6 Å². The van der Waals surface area contributed by atoms with Gasteiger partial charge in [0.2, 0.25) is 5.92 Å². The minimum atomic E-state index is -2.49. The van der Waals surface area contributed by atoms with E-state index in [2.05, 4.69) is 11.5 Å². The molecular weight excluding hydrogens is 272 g/mol. The third kappa shape index (κ3) is 2.67. The first kappa shape index (κ1) is 14.4. The Morgan fingerprint density at radius 1 is 1.33 bits per heavy atom. The van der Waals surface area contributed by atoms with Crippen LogP contribution in [0.1, 0.15) is 49.9 Å². The molecule has 1 aromatic heterocycles. The van der Waals surface area contributed by atoms with E-state index in [0.29, 0.717) is 19.4 Å². The Labute approximate surface area is 123 Å². The Balaban J connectivity index is 1.98. The van der Waals surface area contributed by atoms with Crippen molar-refractivity contribution in [3.63, 3.8) is 0 Å². The molecule has 0 unspecified atom stereocenters. The highest BCUT2D eigenvalue weighted by atomic mass is 19.3. The smallest absolute Gasteiger partial charge is 0.248 e. The third-order valence-corrected chi connectivity index (χ3v) is 4.48. The molecule has 21 heavy (non-hydrogen) atoms. The molecule has 3 nitrogen and oxygen atoms in total. The first-order chi connectivity index (χ1) is 10.0. The van der Waals surface area contributed by atoms with E-state index < -0.39 is 5.92 Å². The number of aromatic nitrogens is 2. The Kier molecular flexibility index (Phi) is 3.69. The second-order valence-electron chi connectivity index (χ2n) is 5.87. The fourth-order valence-electron chi connectivity index (χ4n) is 3.26. The number of fused-ring (bicyclic) bond motifs is 1. The number of alkyl halides is 2.